The van der Waals surface area contributed by atoms with Gasteiger partial charge in [-0.1, -0.05) is 30.3 Å². The topological polar surface area (TPSA) is 53.1 Å². The van der Waals surface area contributed by atoms with E-state index in [1.165, 1.54) is 16.0 Å². The smallest absolute Gasteiger partial charge is 0.104 e. The van der Waals surface area contributed by atoms with Crippen molar-refractivity contribution >= 4 is 16.3 Å². The molecule has 4 heteroatoms. The van der Waals surface area contributed by atoms with Crippen molar-refractivity contribution in [2.45, 2.75) is 19.5 Å². The lowest BCUT2D eigenvalue weighted by molar-refractivity contribution is 0.249. The predicted molar refractivity (Wildman–Crippen MR) is 77.7 cm³/mol. The molecule has 96 valence electrons. The second-order valence-corrected chi connectivity index (χ2v) is 5.94. The van der Waals surface area contributed by atoms with Crippen LogP contribution in [0.2, 0.25) is 0 Å². The first-order valence-electron chi connectivity index (χ1n) is 6.34. The maximum absolute atomic E-state index is 9.13. The third-order valence-electron chi connectivity index (χ3n) is 3.52. The number of fused-ring (bicyclic) bond motifs is 1. The number of nitrogen functional groups attached to an aromatic ring is 1. The van der Waals surface area contributed by atoms with Crippen molar-refractivity contribution in [1.29, 1.82) is 5.26 Å². The lowest BCUT2D eigenvalue weighted by Crippen LogP contribution is -2.29. The maximum atomic E-state index is 9.13. The van der Waals surface area contributed by atoms with Gasteiger partial charge < -0.3 is 5.73 Å². The Hall–Kier alpha value is -1.83. The van der Waals surface area contributed by atoms with E-state index >= 15 is 0 Å². The number of hydrogen-bond acceptors (Lipinski definition) is 4. The van der Waals surface area contributed by atoms with E-state index in [0.29, 0.717) is 10.6 Å². The zero-order chi connectivity index (χ0) is 13.2. The lowest BCUT2D eigenvalue weighted by Gasteiger charge is -2.26. The van der Waals surface area contributed by atoms with E-state index in [2.05, 4.69) is 35.2 Å². The molecule has 0 amide bonds. The first-order valence-corrected chi connectivity index (χ1v) is 7.16. The number of rotatable bonds is 2. The second kappa shape index (κ2) is 5.04. The molecule has 1 aromatic carbocycles. The van der Waals surface area contributed by atoms with Crippen LogP contribution in [0.25, 0.3) is 0 Å². The minimum Gasteiger partial charge on any atom is -0.389 e. The highest BCUT2D eigenvalue weighted by molar-refractivity contribution is 7.16. The van der Waals surface area contributed by atoms with Crippen molar-refractivity contribution in [3.63, 3.8) is 0 Å². The molecule has 2 N–H and O–H groups in total. The number of thiophene rings is 1. The van der Waals surface area contributed by atoms with Gasteiger partial charge >= 0.3 is 0 Å². The Morgan fingerprint density at radius 3 is 2.84 bits per heavy atom. The first-order chi connectivity index (χ1) is 9.28. The molecule has 3 nitrogen and oxygen atoms in total. The number of nitriles is 1. The average molecular weight is 269 g/mol. The van der Waals surface area contributed by atoms with Gasteiger partial charge in [0, 0.05) is 24.5 Å². The average Bonchev–Trinajstić information content (AvgIpc) is 2.74. The number of nitrogens with zero attached hydrogens (tertiary/aromatic N) is 2. The van der Waals surface area contributed by atoms with Gasteiger partial charge in [0.2, 0.25) is 0 Å². The molecule has 0 saturated heterocycles. The van der Waals surface area contributed by atoms with E-state index in [9.17, 15) is 0 Å². The van der Waals surface area contributed by atoms with Crippen molar-refractivity contribution in [2.24, 2.45) is 0 Å². The number of anilines is 1. The summed E-state index contributed by atoms with van der Waals surface area (Å²) in [4.78, 5) is 3.67. The zero-order valence-electron chi connectivity index (χ0n) is 10.6. The molecule has 0 unspecified atom stereocenters. The van der Waals surface area contributed by atoms with E-state index in [4.69, 9.17) is 11.0 Å². The Balaban J connectivity index is 1.78. The first kappa shape index (κ1) is 12.2. The predicted octanol–water partition coefficient (Wildman–Crippen LogP) is 2.76. The molecule has 0 aliphatic carbocycles. The van der Waals surface area contributed by atoms with E-state index in [-0.39, 0.29) is 0 Å². The summed E-state index contributed by atoms with van der Waals surface area (Å²) in [5.74, 6) is 0. The molecular formula is C15H15N3S. The van der Waals surface area contributed by atoms with Gasteiger partial charge in [0.25, 0.3) is 0 Å². The highest BCUT2D eigenvalue weighted by Gasteiger charge is 2.23. The Morgan fingerprint density at radius 2 is 2.11 bits per heavy atom. The van der Waals surface area contributed by atoms with Crippen molar-refractivity contribution < 1.29 is 0 Å². The molecule has 19 heavy (non-hydrogen) atoms. The van der Waals surface area contributed by atoms with Crippen LogP contribution in [0, 0.1) is 11.3 Å². The van der Waals surface area contributed by atoms with Gasteiger partial charge in [-0.05, 0) is 17.5 Å². The molecule has 0 atom stereocenters. The van der Waals surface area contributed by atoms with Crippen LogP contribution < -0.4 is 5.73 Å². The summed E-state index contributed by atoms with van der Waals surface area (Å²) in [5.41, 5.74) is 9.12. The molecule has 3 rings (SSSR count). The minimum atomic E-state index is 0.675. The van der Waals surface area contributed by atoms with Gasteiger partial charge in [-0.15, -0.1) is 11.3 Å². The van der Waals surface area contributed by atoms with Crippen LogP contribution in [0.15, 0.2) is 30.3 Å². The largest absolute Gasteiger partial charge is 0.389 e. The summed E-state index contributed by atoms with van der Waals surface area (Å²) >= 11 is 1.57. The van der Waals surface area contributed by atoms with Crippen LogP contribution >= 0.6 is 11.3 Å². The summed E-state index contributed by atoms with van der Waals surface area (Å²) in [5, 5.41) is 9.80. The third kappa shape index (κ3) is 2.35. The quantitative estimate of drug-likeness (QED) is 0.912. The van der Waals surface area contributed by atoms with Crippen LogP contribution in [-0.2, 0) is 19.5 Å². The van der Waals surface area contributed by atoms with Gasteiger partial charge in [-0.2, -0.15) is 5.26 Å². The van der Waals surface area contributed by atoms with Crippen LogP contribution in [0.3, 0.4) is 0 Å². The molecule has 1 aromatic heterocycles. The number of nitrogens with two attached hydrogens (primary N) is 1. The van der Waals surface area contributed by atoms with Crippen molar-refractivity contribution in [3.8, 4) is 6.07 Å². The summed E-state index contributed by atoms with van der Waals surface area (Å²) in [6.45, 7) is 2.85. The highest BCUT2D eigenvalue weighted by Crippen LogP contribution is 2.34. The fourth-order valence-electron chi connectivity index (χ4n) is 2.58. The van der Waals surface area contributed by atoms with Gasteiger partial charge in [-0.3, -0.25) is 4.90 Å². The number of hydrogen-bond donors (Lipinski definition) is 1. The summed E-state index contributed by atoms with van der Waals surface area (Å²) in [6, 6.07) is 12.7. The monoisotopic (exact) mass is 269 g/mol. The second-order valence-electron chi connectivity index (χ2n) is 4.80. The van der Waals surface area contributed by atoms with Crippen LogP contribution in [0.4, 0.5) is 5.00 Å². The van der Waals surface area contributed by atoms with Crippen molar-refractivity contribution in [2.75, 3.05) is 12.3 Å². The lowest BCUT2D eigenvalue weighted by atomic mass is 10.0. The SMILES string of the molecule is N#Cc1c(N)sc2c1CCN(Cc1ccccc1)C2. The molecule has 1 aliphatic heterocycles. The highest BCUT2D eigenvalue weighted by atomic mass is 32.1. The molecular weight excluding hydrogens is 254 g/mol. The zero-order valence-corrected chi connectivity index (χ0v) is 11.4. The maximum Gasteiger partial charge on any atom is 0.104 e. The molecule has 1 aliphatic rings. The molecule has 0 bridgehead atoms. The van der Waals surface area contributed by atoms with Crippen molar-refractivity contribution in [3.05, 3.63) is 51.9 Å². The Kier molecular flexibility index (Phi) is 3.24. The standard InChI is InChI=1S/C15H15N3S/c16-8-13-12-6-7-18(10-14(12)19-15(13)17)9-11-4-2-1-3-5-11/h1-5H,6-7,9-10,17H2. The van der Waals surface area contributed by atoms with Gasteiger partial charge in [0.1, 0.15) is 11.1 Å². The van der Waals surface area contributed by atoms with E-state index < -0.39 is 0 Å². The van der Waals surface area contributed by atoms with Crippen LogP contribution in [0.1, 0.15) is 21.6 Å². The van der Waals surface area contributed by atoms with Crippen LogP contribution in [-0.4, -0.2) is 11.4 Å². The van der Waals surface area contributed by atoms with Crippen LogP contribution in [0.5, 0.6) is 0 Å². The Bertz CT molecular complexity index is 625. The summed E-state index contributed by atoms with van der Waals surface area (Å²) < 4.78 is 0. The molecule has 0 spiro atoms. The van der Waals surface area contributed by atoms with Gasteiger partial charge in [0.05, 0.1) is 5.56 Å². The van der Waals surface area contributed by atoms with Crippen molar-refractivity contribution in [1.82, 2.24) is 4.90 Å². The Morgan fingerprint density at radius 1 is 1.32 bits per heavy atom. The fourth-order valence-corrected chi connectivity index (χ4v) is 3.69. The molecule has 2 heterocycles. The van der Waals surface area contributed by atoms with E-state index in [1.807, 2.05) is 6.07 Å². The van der Waals surface area contributed by atoms with E-state index in [1.54, 1.807) is 11.3 Å². The fraction of sp³-hybridized carbons (Fsp3) is 0.267. The van der Waals surface area contributed by atoms with Gasteiger partial charge in [0.15, 0.2) is 0 Å². The normalized spacial score (nSPS) is 14.9. The molecule has 0 radical (unpaired) electrons. The molecule has 0 fully saturated rings. The van der Waals surface area contributed by atoms with Gasteiger partial charge in [-0.25, -0.2) is 0 Å². The molecule has 2 aromatic rings. The third-order valence-corrected chi connectivity index (χ3v) is 4.57. The summed E-state index contributed by atoms with van der Waals surface area (Å²) in [7, 11) is 0. The Labute approximate surface area is 116 Å². The summed E-state index contributed by atoms with van der Waals surface area (Å²) in [6.07, 6.45) is 0.929. The number of benzene rings is 1. The van der Waals surface area contributed by atoms with E-state index in [0.717, 1.165) is 26.1 Å². The minimum absolute atomic E-state index is 0.675. The molecule has 0 saturated carbocycles.